The van der Waals surface area contributed by atoms with Crippen molar-refractivity contribution < 1.29 is 9.18 Å². The molecule has 1 amide bonds. The van der Waals surface area contributed by atoms with Gasteiger partial charge in [0.2, 0.25) is 0 Å². The van der Waals surface area contributed by atoms with Crippen LogP contribution in [0, 0.1) is 5.82 Å². The minimum Gasteiger partial charge on any atom is -0.366 e. The number of aromatic nitrogens is 2. The van der Waals surface area contributed by atoms with Crippen molar-refractivity contribution in [3.05, 3.63) is 83.6 Å². The molecule has 5 nitrogen and oxygen atoms in total. The Labute approximate surface area is 164 Å². The van der Waals surface area contributed by atoms with E-state index in [9.17, 15) is 9.18 Å². The molecule has 1 heterocycles. The lowest BCUT2D eigenvalue weighted by molar-refractivity contribution is 0.102. The smallest absolute Gasteiger partial charge is 0.274 e. The first-order valence-corrected chi connectivity index (χ1v) is 9.05. The van der Waals surface area contributed by atoms with E-state index in [1.54, 1.807) is 24.3 Å². The molecule has 3 aromatic rings. The fraction of sp³-hybridized carbons (Fsp3) is 0.227. The molecule has 28 heavy (non-hydrogen) atoms. The number of nitrogens with zero attached hydrogens (tertiary/aromatic N) is 2. The van der Waals surface area contributed by atoms with Crippen LogP contribution in [0.5, 0.6) is 0 Å². The molecule has 6 heteroatoms. The molecule has 3 rings (SSSR count). The quantitative estimate of drug-likeness (QED) is 0.671. The molecular weight excluding hydrogens is 355 g/mol. The summed E-state index contributed by atoms with van der Waals surface area (Å²) in [7, 11) is 0. The first-order chi connectivity index (χ1) is 13.3. The standard InChI is InChI=1S/C22H23FN4O/c1-22(2,3)16-9-5-7-11-18(16)27-21(28)19-12-20(26-14-25-19)24-13-15-8-4-6-10-17(15)23/h4-12,14H,13H2,1-3H3,(H,27,28)(H,24,25,26). The molecule has 0 aliphatic heterocycles. The van der Waals surface area contributed by atoms with Crippen molar-refractivity contribution in [3.8, 4) is 0 Å². The molecule has 0 saturated carbocycles. The lowest BCUT2D eigenvalue weighted by Gasteiger charge is -2.22. The Morgan fingerprint density at radius 2 is 1.75 bits per heavy atom. The fourth-order valence-electron chi connectivity index (χ4n) is 2.84. The van der Waals surface area contributed by atoms with Gasteiger partial charge in [0.15, 0.2) is 0 Å². The number of nitrogens with one attached hydrogen (secondary N) is 2. The third kappa shape index (κ3) is 4.71. The van der Waals surface area contributed by atoms with Gasteiger partial charge in [-0.2, -0.15) is 0 Å². The van der Waals surface area contributed by atoms with Gasteiger partial charge in [0, 0.05) is 23.9 Å². The second-order valence-corrected chi connectivity index (χ2v) is 7.48. The molecule has 1 aromatic heterocycles. The van der Waals surface area contributed by atoms with Gasteiger partial charge in [0.1, 0.15) is 23.7 Å². The van der Waals surface area contributed by atoms with Crippen LogP contribution in [0.2, 0.25) is 0 Å². The Kier molecular flexibility index (Phi) is 5.68. The third-order valence-corrected chi connectivity index (χ3v) is 4.30. The number of carbonyl (C=O) groups is 1. The number of rotatable bonds is 5. The van der Waals surface area contributed by atoms with Crippen molar-refractivity contribution >= 4 is 17.4 Å². The average molecular weight is 378 g/mol. The van der Waals surface area contributed by atoms with Crippen LogP contribution >= 0.6 is 0 Å². The van der Waals surface area contributed by atoms with Gasteiger partial charge in [-0.25, -0.2) is 14.4 Å². The summed E-state index contributed by atoms with van der Waals surface area (Å²) in [5.74, 6) is -0.165. The fourth-order valence-corrected chi connectivity index (χ4v) is 2.84. The number of amides is 1. The minimum atomic E-state index is -0.326. The highest BCUT2D eigenvalue weighted by Gasteiger charge is 2.19. The van der Waals surface area contributed by atoms with E-state index < -0.39 is 0 Å². The highest BCUT2D eigenvalue weighted by atomic mass is 19.1. The zero-order valence-corrected chi connectivity index (χ0v) is 16.2. The van der Waals surface area contributed by atoms with Gasteiger partial charge in [-0.15, -0.1) is 0 Å². The van der Waals surface area contributed by atoms with E-state index in [2.05, 4.69) is 41.4 Å². The van der Waals surface area contributed by atoms with E-state index in [0.717, 1.165) is 11.3 Å². The molecule has 2 aromatic carbocycles. The number of benzene rings is 2. The molecule has 0 unspecified atom stereocenters. The van der Waals surface area contributed by atoms with Crippen LogP contribution in [0.25, 0.3) is 0 Å². The molecule has 0 saturated heterocycles. The Morgan fingerprint density at radius 3 is 2.50 bits per heavy atom. The van der Waals surface area contributed by atoms with Crippen LogP contribution in [-0.2, 0) is 12.0 Å². The molecule has 144 valence electrons. The summed E-state index contributed by atoms with van der Waals surface area (Å²) in [6.45, 7) is 6.53. The summed E-state index contributed by atoms with van der Waals surface area (Å²) in [5.41, 5.74) is 2.43. The summed E-state index contributed by atoms with van der Waals surface area (Å²) >= 11 is 0. The van der Waals surface area contributed by atoms with Crippen molar-refractivity contribution in [1.82, 2.24) is 9.97 Å². The molecule has 2 N–H and O–H groups in total. The molecule has 0 fully saturated rings. The maximum absolute atomic E-state index is 13.7. The zero-order valence-electron chi connectivity index (χ0n) is 16.2. The Bertz CT molecular complexity index is 982. The summed E-state index contributed by atoms with van der Waals surface area (Å²) in [5, 5.41) is 5.95. The predicted molar refractivity (Wildman–Crippen MR) is 109 cm³/mol. The summed E-state index contributed by atoms with van der Waals surface area (Å²) in [6.07, 6.45) is 1.31. The largest absolute Gasteiger partial charge is 0.366 e. The first kappa shape index (κ1) is 19.5. The molecule has 0 spiro atoms. The predicted octanol–water partition coefficient (Wildman–Crippen LogP) is 4.78. The molecular formula is C22H23FN4O. The van der Waals surface area contributed by atoms with Gasteiger partial charge in [-0.1, -0.05) is 57.2 Å². The minimum absolute atomic E-state index is 0.109. The molecule has 0 aliphatic carbocycles. The summed E-state index contributed by atoms with van der Waals surface area (Å²) < 4.78 is 13.7. The van der Waals surface area contributed by atoms with Crippen LogP contribution < -0.4 is 10.6 Å². The summed E-state index contributed by atoms with van der Waals surface area (Å²) in [6, 6.07) is 15.8. The molecule has 0 aliphatic rings. The van der Waals surface area contributed by atoms with Gasteiger partial charge in [0.25, 0.3) is 5.91 Å². The van der Waals surface area contributed by atoms with E-state index in [4.69, 9.17) is 0 Å². The van der Waals surface area contributed by atoms with Gasteiger partial charge < -0.3 is 10.6 Å². The monoisotopic (exact) mass is 378 g/mol. The van der Waals surface area contributed by atoms with Gasteiger partial charge in [-0.05, 0) is 23.1 Å². The van der Waals surface area contributed by atoms with Crippen LogP contribution in [0.15, 0.2) is 60.9 Å². The highest BCUT2D eigenvalue weighted by Crippen LogP contribution is 2.29. The maximum atomic E-state index is 13.7. The number of carbonyl (C=O) groups excluding carboxylic acids is 1. The van der Waals surface area contributed by atoms with Gasteiger partial charge >= 0.3 is 0 Å². The molecule has 0 atom stereocenters. The van der Waals surface area contributed by atoms with Gasteiger partial charge in [0.05, 0.1) is 0 Å². The number of para-hydroxylation sites is 1. The lowest BCUT2D eigenvalue weighted by Crippen LogP contribution is -2.19. The van der Waals surface area contributed by atoms with E-state index in [1.807, 2.05) is 24.3 Å². The first-order valence-electron chi connectivity index (χ1n) is 9.05. The van der Waals surface area contributed by atoms with Gasteiger partial charge in [-0.3, -0.25) is 4.79 Å². The Hall–Kier alpha value is -3.28. The van der Waals surface area contributed by atoms with Crippen LogP contribution in [0.1, 0.15) is 42.4 Å². The van der Waals surface area contributed by atoms with Crippen molar-refractivity contribution in [1.29, 1.82) is 0 Å². The Balaban J connectivity index is 1.74. The number of hydrogen-bond donors (Lipinski definition) is 2. The number of hydrogen-bond acceptors (Lipinski definition) is 4. The number of anilines is 2. The van der Waals surface area contributed by atoms with E-state index in [0.29, 0.717) is 11.4 Å². The van der Waals surface area contributed by atoms with Crippen molar-refractivity contribution in [2.75, 3.05) is 10.6 Å². The molecule has 0 radical (unpaired) electrons. The topological polar surface area (TPSA) is 66.9 Å². The molecule has 0 bridgehead atoms. The normalized spacial score (nSPS) is 11.1. The highest BCUT2D eigenvalue weighted by molar-refractivity contribution is 6.03. The van der Waals surface area contributed by atoms with Crippen LogP contribution in [-0.4, -0.2) is 15.9 Å². The Morgan fingerprint density at radius 1 is 1.04 bits per heavy atom. The van der Waals surface area contributed by atoms with E-state index in [-0.39, 0.29) is 29.4 Å². The van der Waals surface area contributed by atoms with Crippen LogP contribution in [0.4, 0.5) is 15.9 Å². The summed E-state index contributed by atoms with van der Waals surface area (Å²) in [4.78, 5) is 20.9. The SMILES string of the molecule is CC(C)(C)c1ccccc1NC(=O)c1cc(NCc2ccccc2F)ncn1. The van der Waals surface area contributed by atoms with Crippen molar-refractivity contribution in [3.63, 3.8) is 0 Å². The third-order valence-electron chi connectivity index (χ3n) is 4.30. The second-order valence-electron chi connectivity index (χ2n) is 7.48. The second kappa shape index (κ2) is 8.17. The van der Waals surface area contributed by atoms with Crippen LogP contribution in [0.3, 0.4) is 0 Å². The average Bonchev–Trinajstić information content (AvgIpc) is 2.67. The maximum Gasteiger partial charge on any atom is 0.274 e. The van der Waals surface area contributed by atoms with Crippen molar-refractivity contribution in [2.24, 2.45) is 0 Å². The zero-order chi connectivity index (χ0) is 20.1. The van der Waals surface area contributed by atoms with E-state index in [1.165, 1.54) is 12.4 Å². The van der Waals surface area contributed by atoms with E-state index >= 15 is 0 Å². The van der Waals surface area contributed by atoms with Crippen molar-refractivity contribution in [2.45, 2.75) is 32.7 Å². The number of halogens is 1. The lowest BCUT2D eigenvalue weighted by atomic mass is 9.86.